The lowest BCUT2D eigenvalue weighted by atomic mass is 10.1. The Hall–Kier alpha value is -2.80. The first-order valence-corrected chi connectivity index (χ1v) is 6.08. The van der Waals surface area contributed by atoms with Crippen LogP contribution in [0.5, 0.6) is 11.5 Å². The molecule has 2 rings (SSSR count). The molecular weight excluding hydrogens is 254 g/mol. The lowest BCUT2D eigenvalue weighted by molar-refractivity contribution is -0.136. The summed E-state index contributed by atoms with van der Waals surface area (Å²) in [6, 6.07) is 14.3. The maximum atomic E-state index is 10.8. The van der Waals surface area contributed by atoms with Gasteiger partial charge in [-0.1, -0.05) is 24.3 Å². The first-order chi connectivity index (χ1) is 9.60. The van der Waals surface area contributed by atoms with Gasteiger partial charge in [-0.15, -0.1) is 0 Å². The highest BCUT2D eigenvalue weighted by molar-refractivity contribution is 5.71. The van der Waals surface area contributed by atoms with E-state index in [1.54, 1.807) is 36.4 Å². The third-order valence-electron chi connectivity index (χ3n) is 2.79. The van der Waals surface area contributed by atoms with Crippen LogP contribution in [0.25, 0.3) is 0 Å². The van der Waals surface area contributed by atoms with Crippen molar-refractivity contribution in [1.29, 1.82) is 5.26 Å². The van der Waals surface area contributed by atoms with E-state index in [4.69, 9.17) is 15.1 Å². The SMILES string of the molecule is Cc1ccc(C#N)c(Oc2ccccc2CC(=O)O)c1. The van der Waals surface area contributed by atoms with E-state index in [0.29, 0.717) is 22.6 Å². The average molecular weight is 267 g/mol. The van der Waals surface area contributed by atoms with Crippen molar-refractivity contribution in [3.8, 4) is 17.6 Å². The monoisotopic (exact) mass is 267 g/mol. The van der Waals surface area contributed by atoms with E-state index >= 15 is 0 Å². The van der Waals surface area contributed by atoms with Crippen LogP contribution in [0.2, 0.25) is 0 Å². The minimum Gasteiger partial charge on any atom is -0.481 e. The highest BCUT2D eigenvalue weighted by Gasteiger charge is 2.10. The first-order valence-electron chi connectivity index (χ1n) is 6.08. The van der Waals surface area contributed by atoms with Crippen LogP contribution < -0.4 is 4.74 Å². The number of carboxylic acids is 1. The molecule has 0 aliphatic rings. The maximum Gasteiger partial charge on any atom is 0.307 e. The van der Waals surface area contributed by atoms with Gasteiger partial charge in [-0.3, -0.25) is 4.79 Å². The second-order valence-electron chi connectivity index (χ2n) is 4.39. The molecule has 0 bridgehead atoms. The molecule has 0 spiro atoms. The third kappa shape index (κ3) is 3.15. The number of benzene rings is 2. The predicted octanol–water partition coefficient (Wildman–Crippen LogP) is 3.29. The fourth-order valence-corrected chi connectivity index (χ4v) is 1.84. The average Bonchev–Trinajstić information content (AvgIpc) is 2.41. The van der Waals surface area contributed by atoms with Crippen LogP contribution in [-0.2, 0) is 11.2 Å². The van der Waals surface area contributed by atoms with Crippen LogP contribution >= 0.6 is 0 Å². The van der Waals surface area contributed by atoms with Gasteiger partial charge in [0.2, 0.25) is 0 Å². The molecule has 0 aromatic heterocycles. The van der Waals surface area contributed by atoms with Crippen molar-refractivity contribution < 1.29 is 14.6 Å². The number of carboxylic acid groups (broad SMARTS) is 1. The minimum absolute atomic E-state index is 0.121. The third-order valence-corrected chi connectivity index (χ3v) is 2.79. The molecule has 0 radical (unpaired) electrons. The van der Waals surface area contributed by atoms with E-state index in [1.165, 1.54) is 0 Å². The number of aliphatic carboxylic acids is 1. The molecule has 4 nitrogen and oxygen atoms in total. The van der Waals surface area contributed by atoms with Crippen molar-refractivity contribution in [2.24, 2.45) is 0 Å². The van der Waals surface area contributed by atoms with Gasteiger partial charge >= 0.3 is 5.97 Å². The van der Waals surface area contributed by atoms with E-state index < -0.39 is 5.97 Å². The maximum absolute atomic E-state index is 10.8. The van der Waals surface area contributed by atoms with Crippen LogP contribution in [-0.4, -0.2) is 11.1 Å². The molecule has 0 aliphatic heterocycles. The Morgan fingerprint density at radius 1 is 1.25 bits per heavy atom. The highest BCUT2D eigenvalue weighted by Crippen LogP contribution is 2.29. The summed E-state index contributed by atoms with van der Waals surface area (Å²) in [6.07, 6.45) is -0.121. The van der Waals surface area contributed by atoms with Crippen molar-refractivity contribution in [1.82, 2.24) is 0 Å². The molecule has 0 amide bonds. The van der Waals surface area contributed by atoms with Gasteiger partial charge in [0.05, 0.1) is 12.0 Å². The normalized spacial score (nSPS) is 9.80. The van der Waals surface area contributed by atoms with Crippen LogP contribution in [0.3, 0.4) is 0 Å². The zero-order valence-corrected chi connectivity index (χ0v) is 11.0. The standard InChI is InChI=1S/C16H13NO3/c1-11-6-7-13(10-17)15(8-11)20-14-5-3-2-4-12(14)9-16(18)19/h2-8H,9H2,1H3,(H,18,19). The minimum atomic E-state index is -0.925. The fraction of sp³-hybridized carbons (Fsp3) is 0.125. The summed E-state index contributed by atoms with van der Waals surface area (Å²) in [5.74, 6) is -0.0341. The Bertz CT molecular complexity index is 686. The van der Waals surface area contributed by atoms with Gasteiger partial charge in [-0.05, 0) is 30.7 Å². The number of hydrogen-bond acceptors (Lipinski definition) is 3. The van der Waals surface area contributed by atoms with Gasteiger partial charge in [0, 0.05) is 5.56 Å². The molecule has 100 valence electrons. The fourth-order valence-electron chi connectivity index (χ4n) is 1.84. The van der Waals surface area contributed by atoms with Crippen LogP contribution in [0.1, 0.15) is 16.7 Å². The van der Waals surface area contributed by atoms with E-state index in [1.807, 2.05) is 13.0 Å². The molecule has 0 atom stereocenters. The van der Waals surface area contributed by atoms with E-state index in [9.17, 15) is 4.79 Å². The van der Waals surface area contributed by atoms with Gasteiger partial charge in [0.25, 0.3) is 0 Å². The summed E-state index contributed by atoms with van der Waals surface area (Å²) >= 11 is 0. The number of nitrogens with zero attached hydrogens (tertiary/aromatic N) is 1. The largest absolute Gasteiger partial charge is 0.481 e. The number of para-hydroxylation sites is 1. The predicted molar refractivity (Wildman–Crippen MR) is 73.7 cm³/mol. The van der Waals surface area contributed by atoms with Gasteiger partial charge in [-0.25, -0.2) is 0 Å². The Balaban J connectivity index is 2.38. The Labute approximate surface area is 116 Å². The molecule has 0 aliphatic carbocycles. The summed E-state index contributed by atoms with van der Waals surface area (Å²) < 4.78 is 5.73. The smallest absolute Gasteiger partial charge is 0.307 e. The van der Waals surface area contributed by atoms with Gasteiger partial charge in [-0.2, -0.15) is 5.26 Å². The summed E-state index contributed by atoms with van der Waals surface area (Å²) in [5, 5.41) is 18.0. The van der Waals surface area contributed by atoms with Gasteiger partial charge < -0.3 is 9.84 Å². The van der Waals surface area contributed by atoms with Crippen LogP contribution in [0.4, 0.5) is 0 Å². The summed E-state index contributed by atoms with van der Waals surface area (Å²) in [6.45, 7) is 1.90. The molecular formula is C16H13NO3. The van der Waals surface area contributed by atoms with Crippen molar-refractivity contribution in [2.45, 2.75) is 13.3 Å². The number of ether oxygens (including phenoxy) is 1. The molecule has 20 heavy (non-hydrogen) atoms. The molecule has 0 fully saturated rings. The van der Waals surface area contributed by atoms with Gasteiger partial charge in [0.15, 0.2) is 0 Å². The topological polar surface area (TPSA) is 70.3 Å². The molecule has 0 unspecified atom stereocenters. The second kappa shape index (κ2) is 5.89. The summed E-state index contributed by atoms with van der Waals surface area (Å²) in [5.41, 5.74) is 1.96. The Morgan fingerprint density at radius 2 is 2.00 bits per heavy atom. The summed E-state index contributed by atoms with van der Waals surface area (Å²) in [4.78, 5) is 10.8. The van der Waals surface area contributed by atoms with E-state index in [-0.39, 0.29) is 6.42 Å². The van der Waals surface area contributed by atoms with Crippen LogP contribution in [0, 0.1) is 18.3 Å². The zero-order chi connectivity index (χ0) is 14.5. The molecule has 0 saturated carbocycles. The number of carbonyl (C=O) groups is 1. The lowest BCUT2D eigenvalue weighted by Gasteiger charge is -2.11. The zero-order valence-electron chi connectivity index (χ0n) is 11.0. The first kappa shape index (κ1) is 13.6. The number of aryl methyl sites for hydroxylation is 1. The number of nitriles is 1. The molecule has 0 saturated heterocycles. The summed E-state index contributed by atoms with van der Waals surface area (Å²) in [7, 11) is 0. The Morgan fingerprint density at radius 3 is 2.70 bits per heavy atom. The van der Waals surface area contributed by atoms with E-state index in [2.05, 4.69) is 6.07 Å². The molecule has 0 heterocycles. The number of hydrogen-bond donors (Lipinski definition) is 1. The lowest BCUT2D eigenvalue weighted by Crippen LogP contribution is -2.02. The molecule has 2 aromatic rings. The van der Waals surface area contributed by atoms with Crippen LogP contribution in [0.15, 0.2) is 42.5 Å². The molecule has 4 heteroatoms. The number of rotatable bonds is 4. The van der Waals surface area contributed by atoms with Crippen molar-refractivity contribution in [3.63, 3.8) is 0 Å². The van der Waals surface area contributed by atoms with Crippen molar-refractivity contribution in [2.75, 3.05) is 0 Å². The highest BCUT2D eigenvalue weighted by atomic mass is 16.5. The Kier molecular flexibility index (Phi) is 4.02. The molecule has 2 aromatic carbocycles. The van der Waals surface area contributed by atoms with Crippen molar-refractivity contribution in [3.05, 3.63) is 59.2 Å². The van der Waals surface area contributed by atoms with E-state index in [0.717, 1.165) is 5.56 Å². The second-order valence-corrected chi connectivity index (χ2v) is 4.39. The quantitative estimate of drug-likeness (QED) is 0.922. The molecule has 1 N–H and O–H groups in total. The van der Waals surface area contributed by atoms with Crippen molar-refractivity contribution >= 4 is 5.97 Å². The van der Waals surface area contributed by atoms with Gasteiger partial charge in [0.1, 0.15) is 17.6 Å².